The van der Waals surface area contributed by atoms with E-state index in [-0.39, 0.29) is 17.7 Å². The number of nitrogens with zero attached hydrogens (tertiary/aromatic N) is 1. The lowest BCUT2D eigenvalue weighted by atomic mass is 10.0. The molecule has 178 valence electrons. The van der Waals surface area contributed by atoms with Crippen LogP contribution in [0.3, 0.4) is 0 Å². The molecule has 2 atom stereocenters. The molecular weight excluding hydrogens is 430 g/mol. The molecule has 1 fully saturated rings. The first-order valence-electron chi connectivity index (χ1n) is 11.7. The third kappa shape index (κ3) is 6.05. The average molecular weight is 462 g/mol. The minimum atomic E-state index is -0.732. The molecule has 0 saturated carbocycles. The maximum absolute atomic E-state index is 13.3. The van der Waals surface area contributed by atoms with E-state index in [2.05, 4.69) is 21.6 Å². The molecule has 2 aromatic carbocycles. The van der Waals surface area contributed by atoms with E-state index >= 15 is 0 Å². The Hall–Kier alpha value is -3.58. The Morgan fingerprint density at radius 1 is 1.03 bits per heavy atom. The molecule has 4 rings (SSSR count). The second kappa shape index (κ2) is 11.5. The highest BCUT2D eigenvalue weighted by molar-refractivity contribution is 5.95. The largest absolute Gasteiger partial charge is 0.497 e. The molecule has 2 unspecified atom stereocenters. The summed E-state index contributed by atoms with van der Waals surface area (Å²) in [6, 6.07) is 20.2. The van der Waals surface area contributed by atoms with Gasteiger partial charge in [0.05, 0.1) is 19.4 Å². The predicted octanol–water partition coefficient (Wildman–Crippen LogP) is 3.58. The van der Waals surface area contributed by atoms with E-state index < -0.39 is 11.9 Å². The van der Waals surface area contributed by atoms with Gasteiger partial charge in [-0.05, 0) is 61.3 Å². The molecule has 7 nitrogen and oxygen atoms in total. The number of carbonyl (C=O) groups is 2. The normalized spacial score (nSPS) is 15.4. The highest BCUT2D eigenvalue weighted by Crippen LogP contribution is 2.27. The van der Waals surface area contributed by atoms with Crippen LogP contribution >= 0.6 is 0 Å². The number of benzene rings is 2. The number of hydrogen-bond acceptors (Lipinski definition) is 5. The van der Waals surface area contributed by atoms with Crippen molar-refractivity contribution in [3.05, 3.63) is 89.9 Å². The van der Waals surface area contributed by atoms with E-state index in [9.17, 15) is 9.59 Å². The van der Waals surface area contributed by atoms with Gasteiger partial charge in [-0.2, -0.15) is 0 Å². The fraction of sp³-hybridized carbons (Fsp3) is 0.333. The van der Waals surface area contributed by atoms with Crippen LogP contribution in [0.5, 0.6) is 5.75 Å². The zero-order valence-corrected chi connectivity index (χ0v) is 19.4. The summed E-state index contributed by atoms with van der Waals surface area (Å²) in [5, 5.41) is 5.94. The predicted molar refractivity (Wildman–Crippen MR) is 130 cm³/mol. The van der Waals surface area contributed by atoms with Crippen molar-refractivity contribution in [3.63, 3.8) is 0 Å². The summed E-state index contributed by atoms with van der Waals surface area (Å²) in [6.45, 7) is 2.41. The maximum Gasteiger partial charge on any atom is 0.287 e. The van der Waals surface area contributed by atoms with E-state index in [0.717, 1.165) is 42.8 Å². The lowest BCUT2D eigenvalue weighted by Gasteiger charge is -2.29. The molecule has 0 radical (unpaired) electrons. The van der Waals surface area contributed by atoms with Gasteiger partial charge in [-0.1, -0.05) is 42.5 Å². The second-order valence-electron chi connectivity index (χ2n) is 8.47. The van der Waals surface area contributed by atoms with Crippen LogP contribution in [0.1, 0.15) is 40.6 Å². The first kappa shape index (κ1) is 23.6. The van der Waals surface area contributed by atoms with Gasteiger partial charge in [-0.3, -0.25) is 14.5 Å². The molecular formula is C27H31N3O4. The van der Waals surface area contributed by atoms with E-state index in [4.69, 9.17) is 9.15 Å². The summed E-state index contributed by atoms with van der Waals surface area (Å²) in [5.41, 5.74) is 2.06. The summed E-state index contributed by atoms with van der Waals surface area (Å²) >= 11 is 0. The van der Waals surface area contributed by atoms with Gasteiger partial charge < -0.3 is 19.8 Å². The van der Waals surface area contributed by atoms with Crippen LogP contribution in [-0.2, 0) is 11.2 Å². The van der Waals surface area contributed by atoms with Crippen molar-refractivity contribution in [3.8, 4) is 5.75 Å². The SMILES string of the molecule is COc1cccc(C(CNC(=O)C(Cc2ccccc2)NC(=O)c2ccco2)N2CCCC2)c1. The zero-order valence-electron chi connectivity index (χ0n) is 19.4. The van der Waals surface area contributed by atoms with Gasteiger partial charge in [0.1, 0.15) is 11.8 Å². The monoisotopic (exact) mass is 461 g/mol. The van der Waals surface area contributed by atoms with Crippen molar-refractivity contribution in [2.75, 3.05) is 26.7 Å². The Kier molecular flexibility index (Phi) is 7.99. The lowest BCUT2D eigenvalue weighted by molar-refractivity contribution is -0.123. The number of amides is 2. The first-order valence-corrected chi connectivity index (χ1v) is 11.7. The fourth-order valence-corrected chi connectivity index (χ4v) is 4.38. The number of ether oxygens (including phenoxy) is 1. The lowest BCUT2D eigenvalue weighted by Crippen LogP contribution is -2.49. The molecule has 7 heteroatoms. The van der Waals surface area contributed by atoms with Crippen molar-refractivity contribution >= 4 is 11.8 Å². The number of nitrogens with one attached hydrogen (secondary N) is 2. The minimum Gasteiger partial charge on any atom is -0.497 e. The van der Waals surface area contributed by atoms with Gasteiger partial charge in [0, 0.05) is 13.0 Å². The molecule has 3 aromatic rings. The molecule has 0 bridgehead atoms. The first-order chi connectivity index (χ1) is 16.6. The van der Waals surface area contributed by atoms with Crippen LogP contribution in [0.25, 0.3) is 0 Å². The Morgan fingerprint density at radius 3 is 2.53 bits per heavy atom. The summed E-state index contributed by atoms with van der Waals surface area (Å²) < 4.78 is 10.6. The third-order valence-corrected chi connectivity index (χ3v) is 6.18. The van der Waals surface area contributed by atoms with Gasteiger partial charge in [-0.25, -0.2) is 0 Å². The number of likely N-dealkylation sites (tertiary alicyclic amines) is 1. The van der Waals surface area contributed by atoms with E-state index in [1.807, 2.05) is 48.5 Å². The van der Waals surface area contributed by atoms with Crippen molar-refractivity contribution in [2.24, 2.45) is 0 Å². The molecule has 1 saturated heterocycles. The van der Waals surface area contributed by atoms with Crippen molar-refractivity contribution < 1.29 is 18.7 Å². The van der Waals surface area contributed by atoms with Gasteiger partial charge >= 0.3 is 0 Å². The molecule has 1 aromatic heterocycles. The third-order valence-electron chi connectivity index (χ3n) is 6.18. The maximum atomic E-state index is 13.3. The highest BCUT2D eigenvalue weighted by Gasteiger charge is 2.27. The zero-order chi connectivity index (χ0) is 23.8. The molecule has 0 aliphatic carbocycles. The summed E-state index contributed by atoms with van der Waals surface area (Å²) in [6.07, 6.45) is 4.11. The Morgan fingerprint density at radius 2 is 1.82 bits per heavy atom. The standard InChI is InChI=1S/C27H31N3O4/c1-33-22-12-7-11-21(18-22)24(30-14-5-6-15-30)19-28-26(31)23(17-20-9-3-2-4-10-20)29-27(32)25-13-8-16-34-25/h2-4,7-13,16,18,23-24H,5-6,14-15,17,19H2,1H3,(H,28,31)(H,29,32). The summed E-state index contributed by atoms with van der Waals surface area (Å²) in [7, 11) is 1.65. The quantitative estimate of drug-likeness (QED) is 0.482. The van der Waals surface area contributed by atoms with E-state index in [1.54, 1.807) is 19.2 Å². The van der Waals surface area contributed by atoms with Gasteiger partial charge in [0.2, 0.25) is 5.91 Å². The Labute approximate surface area is 200 Å². The number of rotatable bonds is 10. The van der Waals surface area contributed by atoms with Gasteiger partial charge in [0.15, 0.2) is 5.76 Å². The Bertz CT molecular complexity index is 1060. The molecule has 2 heterocycles. The Balaban J connectivity index is 1.49. The van der Waals surface area contributed by atoms with E-state index in [1.165, 1.54) is 6.26 Å². The number of carbonyl (C=O) groups excluding carboxylic acids is 2. The molecule has 2 N–H and O–H groups in total. The van der Waals surface area contributed by atoms with Crippen LogP contribution in [0, 0.1) is 0 Å². The number of furan rings is 1. The van der Waals surface area contributed by atoms with Crippen molar-refractivity contribution in [1.29, 1.82) is 0 Å². The van der Waals surface area contributed by atoms with Gasteiger partial charge in [-0.15, -0.1) is 0 Å². The van der Waals surface area contributed by atoms with Crippen LogP contribution in [0.4, 0.5) is 0 Å². The number of hydrogen-bond donors (Lipinski definition) is 2. The van der Waals surface area contributed by atoms with E-state index in [0.29, 0.717) is 13.0 Å². The summed E-state index contributed by atoms with van der Waals surface area (Å²) in [4.78, 5) is 28.4. The topological polar surface area (TPSA) is 83.8 Å². The molecule has 1 aliphatic heterocycles. The fourth-order valence-electron chi connectivity index (χ4n) is 4.38. The second-order valence-corrected chi connectivity index (χ2v) is 8.47. The molecule has 1 aliphatic rings. The van der Waals surface area contributed by atoms with Crippen molar-refractivity contribution in [2.45, 2.75) is 31.3 Å². The van der Waals surface area contributed by atoms with Crippen LogP contribution < -0.4 is 15.4 Å². The average Bonchev–Trinajstić information content (AvgIpc) is 3.59. The minimum absolute atomic E-state index is 0.0275. The molecule has 2 amide bonds. The van der Waals surface area contributed by atoms with Crippen LogP contribution in [0.15, 0.2) is 77.4 Å². The molecule has 34 heavy (non-hydrogen) atoms. The van der Waals surface area contributed by atoms with Gasteiger partial charge in [0.25, 0.3) is 5.91 Å². The van der Waals surface area contributed by atoms with Crippen molar-refractivity contribution in [1.82, 2.24) is 15.5 Å². The van der Waals surface area contributed by atoms with Crippen LogP contribution in [0.2, 0.25) is 0 Å². The van der Waals surface area contributed by atoms with Crippen LogP contribution in [-0.4, -0.2) is 49.5 Å². The highest BCUT2D eigenvalue weighted by atomic mass is 16.5. The molecule has 0 spiro atoms. The number of methoxy groups -OCH3 is 1. The summed E-state index contributed by atoms with van der Waals surface area (Å²) in [5.74, 6) is 0.332. The smallest absolute Gasteiger partial charge is 0.287 e.